The highest BCUT2D eigenvalue weighted by molar-refractivity contribution is 6.48. The zero-order valence-electron chi connectivity index (χ0n) is 9.61. The summed E-state index contributed by atoms with van der Waals surface area (Å²) in [5.41, 5.74) is 0. The Bertz CT molecular complexity index is 136. The molecule has 0 radical (unpaired) electrons. The summed E-state index contributed by atoms with van der Waals surface area (Å²) >= 11 is 0. The van der Waals surface area contributed by atoms with Crippen molar-refractivity contribution in [3.8, 4) is 0 Å². The second-order valence-electron chi connectivity index (χ2n) is 3.90. The van der Waals surface area contributed by atoms with E-state index >= 15 is 0 Å². The van der Waals surface area contributed by atoms with Crippen LogP contribution in [0.25, 0.3) is 0 Å². The normalized spacial score (nSPS) is 12.0. The lowest BCUT2D eigenvalue weighted by atomic mass is 10.1. The first-order valence-electron chi connectivity index (χ1n) is 5.87. The molecule has 0 spiro atoms. The van der Waals surface area contributed by atoms with Gasteiger partial charge in [-0.3, -0.25) is 0 Å². The van der Waals surface area contributed by atoms with Crippen LogP contribution in [0.2, 0.25) is 0 Å². The molecule has 0 unspecified atom stereocenters. The van der Waals surface area contributed by atoms with Gasteiger partial charge in [0, 0.05) is 6.61 Å². The monoisotopic (exact) mass is 236 g/mol. The van der Waals surface area contributed by atoms with Gasteiger partial charge in [-0.25, -0.2) is 0 Å². The molecule has 0 rings (SSSR count). The zero-order valence-corrected chi connectivity index (χ0v) is 10.6. The van der Waals surface area contributed by atoms with Crippen LogP contribution in [0, 0.1) is 0 Å². The van der Waals surface area contributed by atoms with E-state index in [1.54, 1.807) is 0 Å². The minimum atomic E-state index is -4.24. The van der Waals surface area contributed by atoms with Crippen molar-refractivity contribution in [2.75, 3.05) is 6.61 Å². The van der Waals surface area contributed by atoms with Gasteiger partial charge in [0.15, 0.2) is 0 Å². The highest BCUT2D eigenvalue weighted by Gasteiger charge is 2.29. The molecule has 0 atom stereocenters. The fraction of sp³-hybridized carbons (Fsp3) is 1.00. The SMILES string of the molecule is CCCCCCCCCCO[Si](O)(O)O. The van der Waals surface area contributed by atoms with Crippen molar-refractivity contribution in [1.29, 1.82) is 0 Å². The molecule has 0 heterocycles. The standard InChI is InChI=1S/C10H24O4Si/c1-2-3-4-5-6-7-8-9-10-14-15(11,12)13/h11-13H,2-10H2,1H3. The minimum absolute atomic E-state index is 0.241. The van der Waals surface area contributed by atoms with Gasteiger partial charge in [-0.15, -0.1) is 0 Å². The summed E-state index contributed by atoms with van der Waals surface area (Å²) in [4.78, 5) is 25.6. The predicted octanol–water partition coefficient (Wildman–Crippen LogP) is 1.56. The Hall–Kier alpha value is 0.0569. The molecule has 92 valence electrons. The second-order valence-corrected chi connectivity index (χ2v) is 5.33. The van der Waals surface area contributed by atoms with Crippen LogP contribution in [0.1, 0.15) is 58.3 Å². The van der Waals surface area contributed by atoms with Crippen molar-refractivity contribution in [1.82, 2.24) is 0 Å². The van der Waals surface area contributed by atoms with Crippen LogP contribution in [0.4, 0.5) is 0 Å². The number of hydrogen-bond donors (Lipinski definition) is 3. The van der Waals surface area contributed by atoms with Crippen LogP contribution in [-0.4, -0.2) is 30.0 Å². The van der Waals surface area contributed by atoms with Crippen LogP contribution in [0.15, 0.2) is 0 Å². The van der Waals surface area contributed by atoms with Gasteiger partial charge in [-0.1, -0.05) is 51.9 Å². The van der Waals surface area contributed by atoms with Gasteiger partial charge in [0.1, 0.15) is 0 Å². The lowest BCUT2D eigenvalue weighted by Gasteiger charge is -2.09. The van der Waals surface area contributed by atoms with E-state index in [2.05, 4.69) is 11.3 Å². The smallest absolute Gasteiger partial charge is 0.368 e. The molecule has 0 aliphatic rings. The molecule has 0 aromatic heterocycles. The highest BCUT2D eigenvalue weighted by Crippen LogP contribution is 2.08. The van der Waals surface area contributed by atoms with E-state index in [4.69, 9.17) is 14.4 Å². The molecular formula is C10H24O4Si. The summed E-state index contributed by atoms with van der Waals surface area (Å²) < 4.78 is 4.48. The van der Waals surface area contributed by atoms with Crippen LogP contribution >= 0.6 is 0 Å². The number of unbranched alkanes of at least 4 members (excludes halogenated alkanes) is 7. The Kier molecular flexibility index (Phi) is 9.33. The maximum Gasteiger partial charge on any atom is 0.671 e. The molecule has 5 heteroatoms. The molecule has 0 aromatic carbocycles. The Morgan fingerprint density at radius 3 is 1.73 bits per heavy atom. The lowest BCUT2D eigenvalue weighted by Crippen LogP contribution is -2.39. The van der Waals surface area contributed by atoms with Crippen molar-refractivity contribution in [2.45, 2.75) is 58.3 Å². The maximum absolute atomic E-state index is 8.55. The molecule has 4 nitrogen and oxygen atoms in total. The maximum atomic E-state index is 8.55. The van der Waals surface area contributed by atoms with E-state index in [0.29, 0.717) is 0 Å². The second kappa shape index (κ2) is 9.29. The third-order valence-electron chi connectivity index (χ3n) is 2.29. The molecule has 0 bridgehead atoms. The first-order valence-corrected chi connectivity index (χ1v) is 7.62. The third kappa shape index (κ3) is 14.1. The van der Waals surface area contributed by atoms with Crippen molar-refractivity contribution in [2.24, 2.45) is 0 Å². The first-order chi connectivity index (χ1) is 7.06. The van der Waals surface area contributed by atoms with Crippen LogP contribution in [0.3, 0.4) is 0 Å². The van der Waals surface area contributed by atoms with Gasteiger partial charge >= 0.3 is 9.05 Å². The zero-order chi connectivity index (χ0) is 11.6. The molecule has 3 N–H and O–H groups in total. The van der Waals surface area contributed by atoms with Gasteiger partial charge in [0.2, 0.25) is 0 Å². The average Bonchev–Trinajstić information content (AvgIpc) is 2.14. The van der Waals surface area contributed by atoms with Gasteiger partial charge in [-0.05, 0) is 6.42 Å². The van der Waals surface area contributed by atoms with Gasteiger partial charge in [0.05, 0.1) is 0 Å². The molecular weight excluding hydrogens is 212 g/mol. The van der Waals surface area contributed by atoms with Gasteiger partial charge < -0.3 is 18.8 Å². The van der Waals surface area contributed by atoms with E-state index in [-0.39, 0.29) is 6.61 Å². The Labute approximate surface area is 93.4 Å². The topological polar surface area (TPSA) is 69.9 Å². The Morgan fingerprint density at radius 2 is 1.27 bits per heavy atom. The Morgan fingerprint density at radius 1 is 0.800 bits per heavy atom. The van der Waals surface area contributed by atoms with Crippen LogP contribution in [-0.2, 0) is 4.43 Å². The summed E-state index contributed by atoms with van der Waals surface area (Å²) in [6, 6.07) is 0. The fourth-order valence-corrected chi connectivity index (χ4v) is 1.86. The van der Waals surface area contributed by atoms with Gasteiger partial charge in [-0.2, -0.15) is 0 Å². The van der Waals surface area contributed by atoms with E-state index < -0.39 is 9.05 Å². The van der Waals surface area contributed by atoms with Crippen molar-refractivity contribution >= 4 is 9.05 Å². The molecule has 0 saturated carbocycles. The minimum Gasteiger partial charge on any atom is -0.368 e. The van der Waals surface area contributed by atoms with Crippen molar-refractivity contribution in [3.63, 3.8) is 0 Å². The van der Waals surface area contributed by atoms with Crippen LogP contribution < -0.4 is 0 Å². The predicted molar refractivity (Wildman–Crippen MR) is 61.0 cm³/mol. The summed E-state index contributed by atoms with van der Waals surface area (Å²) in [6.07, 6.45) is 9.38. The van der Waals surface area contributed by atoms with Gasteiger partial charge in [0.25, 0.3) is 0 Å². The van der Waals surface area contributed by atoms with E-state index in [0.717, 1.165) is 19.3 Å². The number of hydrogen-bond acceptors (Lipinski definition) is 4. The van der Waals surface area contributed by atoms with Crippen LogP contribution in [0.5, 0.6) is 0 Å². The van der Waals surface area contributed by atoms with E-state index in [1.165, 1.54) is 32.1 Å². The average molecular weight is 236 g/mol. The molecule has 0 amide bonds. The van der Waals surface area contributed by atoms with E-state index in [9.17, 15) is 0 Å². The molecule has 0 aliphatic carbocycles. The Balaban J connectivity index is 2.99. The summed E-state index contributed by atoms with van der Waals surface area (Å²) in [5.74, 6) is 0. The fourth-order valence-electron chi connectivity index (χ4n) is 1.45. The summed E-state index contributed by atoms with van der Waals surface area (Å²) in [5, 5.41) is 0. The molecule has 0 aliphatic heterocycles. The molecule has 15 heavy (non-hydrogen) atoms. The van der Waals surface area contributed by atoms with Crippen molar-refractivity contribution in [3.05, 3.63) is 0 Å². The molecule has 0 saturated heterocycles. The first kappa shape index (κ1) is 15.1. The summed E-state index contributed by atoms with van der Waals surface area (Å²) in [6.45, 7) is 2.44. The molecule has 0 fully saturated rings. The van der Waals surface area contributed by atoms with E-state index in [1.807, 2.05) is 0 Å². The highest BCUT2D eigenvalue weighted by atomic mass is 28.4. The lowest BCUT2D eigenvalue weighted by molar-refractivity contribution is 0.0618. The number of rotatable bonds is 10. The molecule has 0 aromatic rings. The quantitative estimate of drug-likeness (QED) is 0.398. The third-order valence-corrected chi connectivity index (χ3v) is 2.89. The summed E-state index contributed by atoms with van der Waals surface area (Å²) in [7, 11) is -4.24. The largest absolute Gasteiger partial charge is 0.671 e. The van der Waals surface area contributed by atoms with Crippen molar-refractivity contribution < 1.29 is 18.8 Å².